The second kappa shape index (κ2) is 8.36. The van der Waals surface area contributed by atoms with Gasteiger partial charge in [0.25, 0.3) is 5.91 Å². The zero-order valence-electron chi connectivity index (χ0n) is 13.4. The van der Waals surface area contributed by atoms with Gasteiger partial charge < -0.3 is 24.5 Å². The van der Waals surface area contributed by atoms with E-state index in [1.807, 2.05) is 25.1 Å². The predicted octanol–water partition coefficient (Wildman–Crippen LogP) is 1.68. The van der Waals surface area contributed by atoms with Crippen LogP contribution in [0.5, 0.6) is 5.75 Å². The number of aliphatic hydroxyl groups is 1. The molecule has 124 valence electrons. The Balaban J connectivity index is 2.06. The van der Waals surface area contributed by atoms with Crippen molar-refractivity contribution >= 4 is 5.91 Å². The average molecular weight is 318 g/mol. The van der Waals surface area contributed by atoms with E-state index in [2.05, 4.69) is 5.32 Å². The molecule has 1 heterocycles. The van der Waals surface area contributed by atoms with Gasteiger partial charge >= 0.3 is 0 Å². The number of amides is 1. The van der Waals surface area contributed by atoms with E-state index in [9.17, 15) is 9.90 Å². The summed E-state index contributed by atoms with van der Waals surface area (Å²) in [6, 6.07) is 9.87. The summed E-state index contributed by atoms with van der Waals surface area (Å²) in [6.45, 7) is 0.990. The molecular weight excluding hydrogens is 296 g/mol. The van der Waals surface area contributed by atoms with Gasteiger partial charge in [-0.25, -0.2) is 0 Å². The number of rotatable bonds is 8. The quantitative estimate of drug-likeness (QED) is 0.774. The van der Waals surface area contributed by atoms with Crippen molar-refractivity contribution in [2.45, 2.75) is 6.04 Å². The first-order valence-electron chi connectivity index (χ1n) is 7.43. The van der Waals surface area contributed by atoms with E-state index in [0.29, 0.717) is 23.7 Å². The molecule has 1 atom stereocenters. The first kappa shape index (κ1) is 17.1. The highest BCUT2D eigenvalue weighted by atomic mass is 16.5. The van der Waals surface area contributed by atoms with Crippen molar-refractivity contribution in [1.29, 1.82) is 0 Å². The van der Waals surface area contributed by atoms with Crippen molar-refractivity contribution in [3.63, 3.8) is 0 Å². The Hall–Kier alpha value is -2.31. The van der Waals surface area contributed by atoms with E-state index in [1.165, 1.54) is 6.26 Å². The number of carbonyl (C=O) groups excluding carboxylic acids is 1. The monoisotopic (exact) mass is 318 g/mol. The molecule has 1 aromatic carbocycles. The molecule has 0 spiro atoms. The van der Waals surface area contributed by atoms with Crippen LogP contribution in [0.1, 0.15) is 22.2 Å². The number of carbonyl (C=O) groups is 1. The molecule has 0 saturated carbocycles. The first-order valence-corrected chi connectivity index (χ1v) is 7.43. The summed E-state index contributed by atoms with van der Waals surface area (Å²) >= 11 is 0. The van der Waals surface area contributed by atoms with Crippen LogP contribution in [-0.4, -0.2) is 49.8 Å². The van der Waals surface area contributed by atoms with Crippen molar-refractivity contribution < 1.29 is 19.1 Å². The van der Waals surface area contributed by atoms with Crippen LogP contribution < -0.4 is 10.1 Å². The fourth-order valence-electron chi connectivity index (χ4n) is 2.05. The first-order chi connectivity index (χ1) is 11.1. The average Bonchev–Trinajstić information content (AvgIpc) is 3.06. The van der Waals surface area contributed by atoms with Gasteiger partial charge in [0.1, 0.15) is 24.2 Å². The number of furan rings is 1. The highest BCUT2D eigenvalue weighted by Gasteiger charge is 2.19. The number of nitrogens with one attached hydrogen (secondary N) is 1. The van der Waals surface area contributed by atoms with Gasteiger partial charge in [-0.05, 0) is 38.4 Å². The molecule has 0 saturated heterocycles. The Morgan fingerprint density at radius 3 is 2.74 bits per heavy atom. The maximum Gasteiger partial charge on any atom is 0.255 e. The number of hydrogen-bond donors (Lipinski definition) is 2. The lowest BCUT2D eigenvalue weighted by molar-refractivity contribution is 0.0903. The van der Waals surface area contributed by atoms with Crippen LogP contribution >= 0.6 is 0 Å². The maximum absolute atomic E-state index is 12.5. The van der Waals surface area contributed by atoms with Crippen LogP contribution in [0.15, 0.2) is 47.1 Å². The number of ether oxygens (including phenoxy) is 1. The van der Waals surface area contributed by atoms with Crippen LogP contribution in [0.4, 0.5) is 0 Å². The van der Waals surface area contributed by atoms with Gasteiger partial charge in [-0.1, -0.05) is 12.1 Å². The normalized spacial score (nSPS) is 12.2. The van der Waals surface area contributed by atoms with Crippen molar-refractivity contribution in [3.8, 4) is 5.75 Å². The third-order valence-electron chi connectivity index (χ3n) is 3.30. The lowest BCUT2D eigenvalue weighted by Crippen LogP contribution is -2.31. The summed E-state index contributed by atoms with van der Waals surface area (Å²) in [6.07, 6.45) is 1.50. The minimum Gasteiger partial charge on any atom is -0.491 e. The Morgan fingerprint density at radius 1 is 1.30 bits per heavy atom. The van der Waals surface area contributed by atoms with Crippen LogP contribution in [0.25, 0.3) is 0 Å². The second-order valence-electron chi connectivity index (χ2n) is 5.37. The van der Waals surface area contributed by atoms with Crippen molar-refractivity contribution in [1.82, 2.24) is 10.2 Å². The molecule has 1 unspecified atom stereocenters. The number of aliphatic hydroxyl groups excluding tert-OH is 1. The molecule has 2 N–H and O–H groups in total. The van der Waals surface area contributed by atoms with Gasteiger partial charge in [-0.15, -0.1) is 0 Å². The number of nitrogens with zero attached hydrogens (tertiary/aromatic N) is 1. The molecule has 2 aromatic rings. The fraction of sp³-hybridized carbons (Fsp3) is 0.353. The zero-order chi connectivity index (χ0) is 16.7. The third-order valence-corrected chi connectivity index (χ3v) is 3.30. The summed E-state index contributed by atoms with van der Waals surface area (Å²) in [5.41, 5.74) is 0.427. The Morgan fingerprint density at radius 2 is 2.09 bits per heavy atom. The van der Waals surface area contributed by atoms with Crippen LogP contribution in [0.3, 0.4) is 0 Å². The molecule has 23 heavy (non-hydrogen) atoms. The smallest absolute Gasteiger partial charge is 0.255 e. The van der Waals surface area contributed by atoms with Gasteiger partial charge in [-0.2, -0.15) is 0 Å². The van der Waals surface area contributed by atoms with Gasteiger partial charge in [0.15, 0.2) is 0 Å². The van der Waals surface area contributed by atoms with Crippen molar-refractivity contribution in [2.24, 2.45) is 0 Å². The highest BCUT2D eigenvalue weighted by Crippen LogP contribution is 2.20. The Kier molecular flexibility index (Phi) is 6.19. The minimum absolute atomic E-state index is 0.247. The molecule has 6 nitrogen and oxygen atoms in total. The number of hydrogen-bond acceptors (Lipinski definition) is 5. The van der Waals surface area contributed by atoms with Gasteiger partial charge in [0.05, 0.1) is 18.4 Å². The zero-order valence-corrected chi connectivity index (χ0v) is 13.4. The second-order valence-corrected chi connectivity index (χ2v) is 5.37. The maximum atomic E-state index is 12.5. The molecule has 1 aromatic heterocycles. The molecular formula is C17H22N2O4. The molecule has 0 fully saturated rings. The molecule has 0 bridgehead atoms. The SMILES string of the molecule is CN(C)CCOc1ccccc1C(=O)NC(CO)c1ccco1. The predicted molar refractivity (Wildman–Crippen MR) is 86.5 cm³/mol. The standard InChI is InChI=1S/C17H22N2O4/c1-19(2)9-11-23-15-7-4-3-6-13(15)17(21)18-14(12-20)16-8-5-10-22-16/h3-8,10,14,20H,9,11-12H2,1-2H3,(H,18,21). The molecule has 2 rings (SSSR count). The lowest BCUT2D eigenvalue weighted by atomic mass is 10.1. The fourth-order valence-corrected chi connectivity index (χ4v) is 2.05. The summed E-state index contributed by atoms with van der Waals surface area (Å²) in [5.74, 6) is 0.704. The number of para-hydroxylation sites is 1. The van der Waals surface area contributed by atoms with Gasteiger partial charge in [0.2, 0.25) is 0 Å². The van der Waals surface area contributed by atoms with E-state index in [-0.39, 0.29) is 12.5 Å². The summed E-state index contributed by atoms with van der Waals surface area (Å²) < 4.78 is 10.9. The van der Waals surface area contributed by atoms with Crippen molar-refractivity contribution in [2.75, 3.05) is 33.9 Å². The van der Waals surface area contributed by atoms with Gasteiger partial charge in [-0.3, -0.25) is 4.79 Å². The largest absolute Gasteiger partial charge is 0.491 e. The van der Waals surface area contributed by atoms with Gasteiger partial charge in [0, 0.05) is 6.54 Å². The molecule has 6 heteroatoms. The Labute approximate surface area is 135 Å². The van der Waals surface area contributed by atoms with E-state index < -0.39 is 6.04 Å². The molecule has 0 aliphatic carbocycles. The van der Waals surface area contributed by atoms with Crippen LogP contribution in [0.2, 0.25) is 0 Å². The molecule has 0 radical (unpaired) electrons. The topological polar surface area (TPSA) is 74.9 Å². The summed E-state index contributed by atoms with van der Waals surface area (Å²) in [5, 5.41) is 12.2. The number of likely N-dealkylation sites (N-methyl/N-ethyl adjacent to an activating group) is 1. The minimum atomic E-state index is -0.590. The van der Waals surface area contributed by atoms with Crippen LogP contribution in [0, 0.1) is 0 Å². The highest BCUT2D eigenvalue weighted by molar-refractivity contribution is 5.97. The molecule has 0 aliphatic heterocycles. The van der Waals surface area contributed by atoms with E-state index in [0.717, 1.165) is 6.54 Å². The van der Waals surface area contributed by atoms with Crippen molar-refractivity contribution in [3.05, 3.63) is 54.0 Å². The van der Waals surface area contributed by atoms with Crippen LogP contribution in [-0.2, 0) is 0 Å². The number of benzene rings is 1. The third kappa shape index (κ3) is 4.84. The Bertz CT molecular complexity index is 611. The van der Waals surface area contributed by atoms with E-state index >= 15 is 0 Å². The van der Waals surface area contributed by atoms with E-state index in [1.54, 1.807) is 30.3 Å². The van der Waals surface area contributed by atoms with E-state index in [4.69, 9.17) is 9.15 Å². The summed E-state index contributed by atoms with van der Waals surface area (Å²) in [7, 11) is 3.91. The molecule has 0 aliphatic rings. The molecule has 1 amide bonds. The summed E-state index contributed by atoms with van der Waals surface area (Å²) in [4.78, 5) is 14.5. The lowest BCUT2D eigenvalue weighted by Gasteiger charge is -2.17.